The molecule has 0 aliphatic carbocycles. The molecule has 2 N–H and O–H groups in total. The first-order valence-corrected chi connectivity index (χ1v) is 9.17. The van der Waals surface area contributed by atoms with Crippen LogP contribution in [0.4, 0.5) is 22.1 Å². The Morgan fingerprint density at radius 3 is 2.48 bits per heavy atom. The molecule has 27 heavy (non-hydrogen) atoms. The van der Waals surface area contributed by atoms with Gasteiger partial charge in [0.2, 0.25) is 5.88 Å². The lowest BCUT2D eigenvalue weighted by molar-refractivity contribution is 0.251. The number of anilines is 3. The van der Waals surface area contributed by atoms with Crippen molar-refractivity contribution in [3.8, 4) is 0 Å². The SMILES string of the molecule is Cc1cc(NC(=O)NN=CCN2c3ccccc3Sc3ccccc32)on1. The minimum atomic E-state index is -0.489. The number of hydrogen-bond donors (Lipinski definition) is 2. The summed E-state index contributed by atoms with van der Waals surface area (Å²) in [7, 11) is 0. The summed E-state index contributed by atoms with van der Waals surface area (Å²) in [5.41, 5.74) is 5.36. The third-order valence-corrected chi connectivity index (χ3v) is 5.05. The van der Waals surface area contributed by atoms with Crippen LogP contribution in [0.25, 0.3) is 0 Å². The van der Waals surface area contributed by atoms with Gasteiger partial charge in [-0.15, -0.1) is 0 Å². The standard InChI is InChI=1S/C19H17N5O2S/c1-13-12-18(26-23-13)21-19(25)22-20-10-11-24-14-6-2-4-8-16(14)27-17-9-5-3-7-15(17)24/h2-10,12H,11H2,1H3,(H2,21,22,25). The number of aryl methyl sites for hydroxylation is 1. The van der Waals surface area contributed by atoms with Crippen molar-refractivity contribution in [1.82, 2.24) is 10.6 Å². The van der Waals surface area contributed by atoms with E-state index in [-0.39, 0.29) is 5.88 Å². The summed E-state index contributed by atoms with van der Waals surface area (Å²) in [5.74, 6) is 0.274. The minimum absolute atomic E-state index is 0.274. The summed E-state index contributed by atoms with van der Waals surface area (Å²) in [5, 5.41) is 10.2. The zero-order chi connectivity index (χ0) is 18.6. The minimum Gasteiger partial charge on any atom is -0.338 e. The predicted octanol–water partition coefficient (Wildman–Crippen LogP) is 4.39. The maximum Gasteiger partial charge on any atom is 0.342 e. The molecule has 1 aromatic heterocycles. The maximum absolute atomic E-state index is 11.8. The second kappa shape index (κ2) is 7.55. The zero-order valence-electron chi connectivity index (χ0n) is 14.5. The number of hydrazone groups is 1. The number of rotatable bonds is 4. The van der Waals surface area contributed by atoms with Gasteiger partial charge in [0.1, 0.15) is 0 Å². The molecular formula is C19H17N5O2S. The van der Waals surface area contributed by atoms with Crippen LogP contribution in [0, 0.1) is 6.92 Å². The Hall–Kier alpha value is -3.26. The molecule has 0 saturated heterocycles. The van der Waals surface area contributed by atoms with Crippen LogP contribution in [0.15, 0.2) is 74.0 Å². The van der Waals surface area contributed by atoms with Crippen LogP contribution in [0.1, 0.15) is 5.69 Å². The Morgan fingerprint density at radius 1 is 1.19 bits per heavy atom. The molecule has 2 aromatic carbocycles. The topological polar surface area (TPSA) is 82.8 Å². The molecule has 0 atom stereocenters. The molecule has 0 saturated carbocycles. The Morgan fingerprint density at radius 2 is 1.85 bits per heavy atom. The fraction of sp³-hybridized carbons (Fsp3) is 0.105. The summed E-state index contributed by atoms with van der Waals surface area (Å²) in [4.78, 5) is 16.4. The number of carbonyl (C=O) groups excluding carboxylic acids is 1. The van der Waals surface area contributed by atoms with E-state index in [1.165, 1.54) is 9.79 Å². The molecule has 0 radical (unpaired) electrons. The number of aromatic nitrogens is 1. The number of benzene rings is 2. The van der Waals surface area contributed by atoms with Crippen LogP contribution in [0.2, 0.25) is 0 Å². The second-order valence-corrected chi connectivity index (χ2v) is 6.94. The van der Waals surface area contributed by atoms with E-state index in [1.54, 1.807) is 31.0 Å². The van der Waals surface area contributed by atoms with E-state index in [2.05, 4.69) is 50.2 Å². The molecule has 1 aliphatic rings. The average Bonchev–Trinajstić information content (AvgIpc) is 3.09. The van der Waals surface area contributed by atoms with E-state index in [1.807, 2.05) is 24.3 Å². The van der Waals surface area contributed by atoms with E-state index in [0.29, 0.717) is 12.2 Å². The lowest BCUT2D eigenvalue weighted by Crippen LogP contribution is -2.26. The summed E-state index contributed by atoms with van der Waals surface area (Å²) in [6.45, 7) is 2.30. The molecule has 0 bridgehead atoms. The van der Waals surface area contributed by atoms with Gasteiger partial charge in [-0.25, -0.2) is 10.2 Å². The van der Waals surface area contributed by atoms with Crippen LogP contribution < -0.4 is 15.6 Å². The first-order chi connectivity index (χ1) is 13.2. The molecule has 4 rings (SSSR count). The number of nitrogens with zero attached hydrogens (tertiary/aromatic N) is 3. The third kappa shape index (κ3) is 3.80. The molecule has 7 nitrogen and oxygen atoms in total. The zero-order valence-corrected chi connectivity index (χ0v) is 15.4. The van der Waals surface area contributed by atoms with Crippen LogP contribution in [0.3, 0.4) is 0 Å². The van der Waals surface area contributed by atoms with E-state index < -0.39 is 6.03 Å². The van der Waals surface area contributed by atoms with Gasteiger partial charge in [-0.3, -0.25) is 5.32 Å². The van der Waals surface area contributed by atoms with Gasteiger partial charge >= 0.3 is 6.03 Å². The molecule has 3 aromatic rings. The van der Waals surface area contributed by atoms with Crippen molar-refractivity contribution in [2.24, 2.45) is 5.10 Å². The van der Waals surface area contributed by atoms with Gasteiger partial charge in [0.25, 0.3) is 0 Å². The number of urea groups is 1. The monoisotopic (exact) mass is 379 g/mol. The molecule has 2 amide bonds. The van der Waals surface area contributed by atoms with Crippen molar-refractivity contribution < 1.29 is 9.32 Å². The number of amides is 2. The summed E-state index contributed by atoms with van der Waals surface area (Å²) >= 11 is 1.75. The normalized spacial score (nSPS) is 12.6. The van der Waals surface area contributed by atoms with Crippen molar-refractivity contribution in [2.45, 2.75) is 16.7 Å². The van der Waals surface area contributed by atoms with Crippen molar-refractivity contribution >= 4 is 41.3 Å². The number of nitrogens with one attached hydrogen (secondary N) is 2. The van der Waals surface area contributed by atoms with Gasteiger partial charge in [-0.05, 0) is 31.2 Å². The van der Waals surface area contributed by atoms with Crippen molar-refractivity contribution in [2.75, 3.05) is 16.8 Å². The van der Waals surface area contributed by atoms with Crippen molar-refractivity contribution in [3.63, 3.8) is 0 Å². The van der Waals surface area contributed by atoms with Crippen molar-refractivity contribution in [1.29, 1.82) is 0 Å². The maximum atomic E-state index is 11.8. The first kappa shape index (κ1) is 17.2. The molecule has 1 aliphatic heterocycles. The third-order valence-electron chi connectivity index (χ3n) is 3.92. The highest BCUT2D eigenvalue weighted by molar-refractivity contribution is 7.99. The fourth-order valence-electron chi connectivity index (χ4n) is 2.77. The van der Waals surface area contributed by atoms with E-state index >= 15 is 0 Å². The Labute approximate surface area is 160 Å². The number of para-hydroxylation sites is 2. The first-order valence-electron chi connectivity index (χ1n) is 8.36. The summed E-state index contributed by atoms with van der Waals surface area (Å²) < 4.78 is 4.93. The number of fused-ring (bicyclic) bond motifs is 2. The van der Waals surface area contributed by atoms with Gasteiger partial charge < -0.3 is 9.42 Å². The lowest BCUT2D eigenvalue weighted by atomic mass is 10.2. The molecular weight excluding hydrogens is 362 g/mol. The van der Waals surface area contributed by atoms with E-state index in [9.17, 15) is 4.79 Å². The highest BCUT2D eigenvalue weighted by atomic mass is 32.2. The quantitative estimate of drug-likeness (QED) is 0.519. The molecule has 8 heteroatoms. The van der Waals surface area contributed by atoms with Gasteiger partial charge in [0, 0.05) is 22.1 Å². The Balaban J connectivity index is 1.43. The van der Waals surface area contributed by atoms with Gasteiger partial charge in [-0.1, -0.05) is 41.2 Å². The highest BCUT2D eigenvalue weighted by Crippen LogP contribution is 2.47. The Bertz CT molecular complexity index is 956. The molecule has 2 heterocycles. The summed E-state index contributed by atoms with van der Waals surface area (Å²) in [6.07, 6.45) is 1.66. The average molecular weight is 379 g/mol. The molecule has 0 unspecified atom stereocenters. The molecule has 136 valence electrons. The van der Waals surface area contributed by atoms with Crippen LogP contribution in [-0.2, 0) is 0 Å². The van der Waals surface area contributed by atoms with Crippen LogP contribution >= 0.6 is 11.8 Å². The second-order valence-electron chi connectivity index (χ2n) is 5.86. The van der Waals surface area contributed by atoms with Crippen LogP contribution in [-0.4, -0.2) is 23.9 Å². The van der Waals surface area contributed by atoms with E-state index in [4.69, 9.17) is 4.52 Å². The fourth-order valence-corrected chi connectivity index (χ4v) is 3.86. The lowest BCUT2D eigenvalue weighted by Gasteiger charge is -2.31. The van der Waals surface area contributed by atoms with Gasteiger partial charge in [-0.2, -0.15) is 5.10 Å². The number of hydrogen-bond acceptors (Lipinski definition) is 6. The molecule has 0 spiro atoms. The van der Waals surface area contributed by atoms with Gasteiger partial charge in [0.15, 0.2) is 0 Å². The Kier molecular flexibility index (Phi) is 4.80. The predicted molar refractivity (Wildman–Crippen MR) is 106 cm³/mol. The van der Waals surface area contributed by atoms with Crippen LogP contribution in [0.5, 0.6) is 0 Å². The largest absolute Gasteiger partial charge is 0.342 e. The van der Waals surface area contributed by atoms with E-state index in [0.717, 1.165) is 11.4 Å². The van der Waals surface area contributed by atoms with Crippen molar-refractivity contribution in [3.05, 3.63) is 60.3 Å². The smallest absolute Gasteiger partial charge is 0.338 e. The summed E-state index contributed by atoms with van der Waals surface area (Å²) in [6, 6.07) is 17.6. The highest BCUT2D eigenvalue weighted by Gasteiger charge is 2.21. The molecule has 0 fully saturated rings. The number of carbonyl (C=O) groups is 1. The van der Waals surface area contributed by atoms with Gasteiger partial charge in [0.05, 0.1) is 23.6 Å².